The number of hydrogen-bond acceptors (Lipinski definition) is 18. The van der Waals surface area contributed by atoms with Gasteiger partial charge in [-0.05, 0) is 61.2 Å². The summed E-state index contributed by atoms with van der Waals surface area (Å²) in [6.45, 7) is 2.68. The molecule has 4 aliphatic rings. The first kappa shape index (κ1) is 61.7. The molecule has 24 heteroatoms. The van der Waals surface area contributed by atoms with Crippen molar-refractivity contribution >= 4 is 23.8 Å². The van der Waals surface area contributed by atoms with Crippen LogP contribution in [0.1, 0.15) is 101 Å². The molecular weight excluding hydrogens is 1090 g/mol. The Kier molecular flexibility index (Phi) is 23.0. The molecule has 2 aliphatic heterocycles. The second-order valence-corrected chi connectivity index (χ2v) is 21.7. The first-order chi connectivity index (χ1) is 41.2. The highest BCUT2D eigenvalue weighted by atomic mass is 16.7. The summed E-state index contributed by atoms with van der Waals surface area (Å²) < 4.78 is 72.8. The zero-order valence-corrected chi connectivity index (χ0v) is 47.4. The number of H-pyrrole nitrogens is 2. The van der Waals surface area contributed by atoms with Crippen LogP contribution in [0, 0.1) is 17.8 Å². The molecule has 2 amide bonds. The number of hydrogen-bond donors (Lipinski definition) is 5. The van der Waals surface area contributed by atoms with E-state index in [1.807, 2.05) is 97.7 Å². The van der Waals surface area contributed by atoms with Crippen LogP contribution >= 0.6 is 0 Å². The van der Waals surface area contributed by atoms with Gasteiger partial charge in [0.2, 0.25) is 5.91 Å². The van der Waals surface area contributed by atoms with E-state index in [1.165, 1.54) is 7.11 Å². The lowest BCUT2D eigenvalue weighted by molar-refractivity contribution is -0.339. The average Bonchev–Trinajstić information content (AvgIpc) is 2.50. The highest BCUT2D eigenvalue weighted by molar-refractivity contribution is 5.92. The summed E-state index contributed by atoms with van der Waals surface area (Å²) in [5.74, 6) is -4.59. The number of azide groups is 1. The van der Waals surface area contributed by atoms with Gasteiger partial charge in [0.15, 0.2) is 18.7 Å². The van der Waals surface area contributed by atoms with Crippen LogP contribution in [0.5, 0.6) is 0 Å². The summed E-state index contributed by atoms with van der Waals surface area (Å²) in [6.07, 6.45) is -9.70. The van der Waals surface area contributed by atoms with Crippen molar-refractivity contribution in [1.82, 2.24) is 20.6 Å². The number of aliphatic hydroxyl groups is 1. The molecule has 8 rings (SSSR count). The Labute approximate surface area is 487 Å². The molecule has 3 aromatic carbocycles. The Morgan fingerprint density at radius 2 is 1.46 bits per heavy atom. The molecule has 24 nitrogen and oxygen atoms in total. The van der Waals surface area contributed by atoms with Crippen LogP contribution < -0.4 is 21.9 Å². The zero-order valence-electron chi connectivity index (χ0n) is 48.4. The molecule has 2 saturated heterocycles. The Hall–Kier alpha value is -6.83. The summed E-state index contributed by atoms with van der Waals surface area (Å²) in [7, 11) is 1.19. The van der Waals surface area contributed by atoms with Crippen molar-refractivity contribution in [2.75, 3.05) is 26.9 Å². The second kappa shape index (κ2) is 31.4. The first-order valence-corrected chi connectivity index (χ1v) is 28.6. The van der Waals surface area contributed by atoms with E-state index in [-0.39, 0.29) is 71.0 Å². The van der Waals surface area contributed by atoms with Crippen molar-refractivity contribution in [3.05, 3.63) is 151 Å². The van der Waals surface area contributed by atoms with Crippen LogP contribution in [0.15, 0.2) is 112 Å². The van der Waals surface area contributed by atoms with E-state index in [9.17, 15) is 39.4 Å². The van der Waals surface area contributed by atoms with Gasteiger partial charge in [-0.25, -0.2) is 9.59 Å². The number of carbonyl (C=O) groups is 4. The highest BCUT2D eigenvalue weighted by Gasteiger charge is 2.54. The molecule has 2 saturated carbocycles. The summed E-state index contributed by atoms with van der Waals surface area (Å²) in [6, 6.07) is 26.1. The van der Waals surface area contributed by atoms with E-state index in [0.717, 1.165) is 49.3 Å². The van der Waals surface area contributed by atoms with Gasteiger partial charge in [0.25, 0.3) is 11.5 Å². The largest absolute Gasteiger partial charge is 0.469 e. The SMILES string of the molecule is [3H]CCOC[C@@H]1O[C@@H](O[C@@H]2CC(C(=O)OC)CC(NC(=O)c3cc(=O)[nH]c(=O)[nH]3)[C@H]2O[C@@H]2OC(C)[C@@H](C)[C@H](OCc3ccccc3)C2OCc2ccccc2)C(NC(=O)CN=[N+]=[N-])C(O[C@@H](CC2CCCCC2)C(=O)OCc2ccccc2)[C@H]1O. The number of aliphatic hydroxyl groups excluding tert-OH is 1. The van der Waals surface area contributed by atoms with Crippen molar-refractivity contribution in [3.63, 3.8) is 0 Å². The monoisotopic (exact) mass is 1170 g/mol. The lowest BCUT2D eigenvalue weighted by Crippen LogP contribution is -2.68. The molecule has 6 unspecified atom stereocenters. The van der Waals surface area contributed by atoms with Gasteiger partial charge in [-0.15, -0.1) is 0 Å². The van der Waals surface area contributed by atoms with Gasteiger partial charge in [-0.3, -0.25) is 24.2 Å². The number of benzene rings is 3. The highest BCUT2D eigenvalue weighted by Crippen LogP contribution is 2.39. The van der Waals surface area contributed by atoms with E-state index in [0.29, 0.717) is 5.56 Å². The minimum Gasteiger partial charge on any atom is -0.469 e. The molecule has 3 heterocycles. The van der Waals surface area contributed by atoms with Crippen LogP contribution in [-0.2, 0) is 81.6 Å². The predicted octanol–water partition coefficient (Wildman–Crippen LogP) is 5.45. The Morgan fingerprint density at radius 1 is 0.810 bits per heavy atom. The van der Waals surface area contributed by atoms with Crippen molar-refractivity contribution in [1.29, 1.82) is 0 Å². The normalized spacial score (nSPS) is 28.6. The lowest BCUT2D eigenvalue weighted by Gasteiger charge is -2.50. The van der Waals surface area contributed by atoms with Crippen molar-refractivity contribution < 1.29 is 73.0 Å². The Bertz CT molecular complexity index is 2910. The number of nitrogens with one attached hydrogen (secondary N) is 4. The third kappa shape index (κ3) is 17.4. The zero-order chi connectivity index (χ0) is 60.2. The van der Waals surface area contributed by atoms with E-state index < -0.39 is 133 Å². The maximum atomic E-state index is 14.4. The number of aromatic amines is 2. The molecule has 4 aromatic rings. The topological polar surface area (TPSA) is 319 Å². The maximum absolute atomic E-state index is 14.4. The lowest BCUT2D eigenvalue weighted by atomic mass is 9.81. The van der Waals surface area contributed by atoms with Crippen molar-refractivity contribution in [2.24, 2.45) is 22.9 Å². The van der Waals surface area contributed by atoms with Gasteiger partial charge in [0.1, 0.15) is 55.4 Å². The van der Waals surface area contributed by atoms with Gasteiger partial charge in [-0.1, -0.05) is 135 Å². The number of esters is 2. The molecule has 5 N–H and O–H groups in total. The number of carbonyl (C=O) groups excluding carboxylic acids is 4. The summed E-state index contributed by atoms with van der Waals surface area (Å²) in [4.78, 5) is 89.0. The number of amides is 2. The smallest absolute Gasteiger partial charge is 0.335 e. The molecule has 2 aliphatic carbocycles. The number of ether oxygens (including phenoxy) is 10. The number of methoxy groups -OCH3 is 1. The fraction of sp³-hybridized carbons (Fsp3) is 0.567. The quantitative estimate of drug-likeness (QED) is 0.0172. The van der Waals surface area contributed by atoms with Crippen molar-refractivity contribution in [2.45, 2.75) is 172 Å². The van der Waals surface area contributed by atoms with Gasteiger partial charge >= 0.3 is 17.6 Å². The molecule has 15 atom stereocenters. The molecule has 0 bridgehead atoms. The third-order valence-corrected chi connectivity index (χ3v) is 15.8. The molecule has 1 aromatic heterocycles. The Balaban J connectivity index is 1.22. The average molecular weight is 1170 g/mol. The fourth-order valence-electron chi connectivity index (χ4n) is 11.3. The summed E-state index contributed by atoms with van der Waals surface area (Å²) in [5, 5.41) is 21.6. The number of aromatic nitrogens is 2. The van der Waals surface area contributed by atoms with Crippen LogP contribution in [0.3, 0.4) is 0 Å². The second-order valence-electron chi connectivity index (χ2n) is 21.7. The summed E-state index contributed by atoms with van der Waals surface area (Å²) >= 11 is 0. The predicted molar refractivity (Wildman–Crippen MR) is 300 cm³/mol. The number of nitrogens with zero attached hydrogens (tertiary/aromatic N) is 3. The minimum absolute atomic E-state index is 0.0208. The van der Waals surface area contributed by atoms with Crippen LogP contribution in [-0.4, -0.2) is 145 Å². The van der Waals surface area contributed by atoms with Crippen LogP contribution in [0.2, 0.25) is 0 Å². The van der Waals surface area contributed by atoms with E-state index >= 15 is 0 Å². The van der Waals surface area contributed by atoms with Gasteiger partial charge in [0, 0.05) is 24.9 Å². The molecule has 454 valence electrons. The van der Waals surface area contributed by atoms with Gasteiger partial charge in [0.05, 0.1) is 57.2 Å². The molecule has 84 heavy (non-hydrogen) atoms. The fourth-order valence-corrected chi connectivity index (χ4v) is 11.3. The molecule has 0 spiro atoms. The van der Waals surface area contributed by atoms with Crippen molar-refractivity contribution in [3.8, 4) is 0 Å². The van der Waals surface area contributed by atoms with E-state index in [1.54, 1.807) is 12.1 Å². The maximum Gasteiger partial charge on any atom is 0.335 e. The first-order valence-electron chi connectivity index (χ1n) is 29.3. The number of rotatable bonds is 26. The summed E-state index contributed by atoms with van der Waals surface area (Å²) in [5.41, 5.74) is 9.47. The standard InChI is InChI=1S/C60H77N7O17/c1-5-76-34-46-50(70)53(81-45(26-37-18-10-6-11-19-37)57(73)79-33-40-24-16-9-17-25-40)49(65-48(69)30-62-67-61)58(83-46)82-44-28-41(56(72)75-4)27-42(63-55(71)43-29-47(68)66-60(74)64-43)52(44)84-59-54(78-32-39-22-14-8-15-23-39)51(35(2)36(3)80-59)77-31-38-20-12-7-13-21-38/h7-9,12-17,20-25,29,35-37,41-42,44-46,49-54,58-59,70H,5-6,10-11,18-19,26-28,30-34H2,1-4H3,(H,63,71)(H,65,69)(H2,64,66,68,74)/t35-,36?,41?,42?,44-,45+,46+,49?,50+,51+,52-,53?,54?,58-,59+/m1/s1/i1T. The van der Waals surface area contributed by atoms with Crippen LogP contribution in [0.4, 0.5) is 0 Å². The molecule has 0 radical (unpaired) electrons. The third-order valence-electron chi connectivity index (χ3n) is 15.8. The molecular formula is C60H77N7O17. The van der Waals surface area contributed by atoms with Gasteiger partial charge in [-0.2, -0.15) is 0 Å². The van der Waals surface area contributed by atoms with E-state index in [2.05, 4.69) is 25.6 Å². The minimum atomic E-state index is -1.71. The molecule has 4 fully saturated rings. The van der Waals surface area contributed by atoms with Crippen LogP contribution in [0.25, 0.3) is 10.4 Å². The van der Waals surface area contributed by atoms with E-state index in [4.69, 9.17) is 48.7 Å². The van der Waals surface area contributed by atoms with Gasteiger partial charge < -0.3 is 68.1 Å². The Morgan fingerprint density at radius 3 is 2.10 bits per heavy atom.